The molecule has 3 rings (SSSR count). The van der Waals surface area contributed by atoms with Gasteiger partial charge in [-0.05, 0) is 61.4 Å². The Labute approximate surface area is 139 Å². The number of halogens is 1. The van der Waals surface area contributed by atoms with Gasteiger partial charge in [0.1, 0.15) is 0 Å². The zero-order valence-electron chi connectivity index (χ0n) is 12.3. The van der Waals surface area contributed by atoms with Crippen molar-refractivity contribution in [3.05, 3.63) is 58.6 Å². The third kappa shape index (κ3) is 3.89. The summed E-state index contributed by atoms with van der Waals surface area (Å²) < 4.78 is 0.964. The van der Waals surface area contributed by atoms with E-state index < -0.39 is 0 Å². The Hall–Kier alpha value is -1.81. The maximum Gasteiger partial charge on any atom is 0.255 e. The van der Waals surface area contributed by atoms with Crippen LogP contribution in [0.15, 0.2) is 53.0 Å². The Morgan fingerprint density at radius 3 is 2.14 bits per heavy atom. The van der Waals surface area contributed by atoms with Crippen molar-refractivity contribution < 1.29 is 4.79 Å². The van der Waals surface area contributed by atoms with Gasteiger partial charge in [-0.25, -0.2) is 0 Å². The quantitative estimate of drug-likeness (QED) is 0.802. The molecule has 4 heteroatoms. The molecule has 2 N–H and O–H groups in total. The molecule has 1 aliphatic carbocycles. The minimum atomic E-state index is -0.0935. The third-order valence-electron chi connectivity index (χ3n) is 3.98. The van der Waals surface area contributed by atoms with Gasteiger partial charge in [-0.1, -0.05) is 28.8 Å². The first kappa shape index (κ1) is 15.1. The number of hydrogen-bond acceptors (Lipinski definition) is 2. The SMILES string of the molecule is O=C(Nc1ccc(NC2CCCC2)cc1)c1ccc(Br)cc1. The first-order valence-corrected chi connectivity index (χ1v) is 8.43. The van der Waals surface area contributed by atoms with Gasteiger partial charge in [0, 0.05) is 27.5 Å². The number of rotatable bonds is 4. The van der Waals surface area contributed by atoms with Gasteiger partial charge in [0.25, 0.3) is 5.91 Å². The molecule has 1 aliphatic rings. The van der Waals surface area contributed by atoms with Crippen molar-refractivity contribution >= 4 is 33.2 Å². The van der Waals surface area contributed by atoms with Crippen LogP contribution in [0, 0.1) is 0 Å². The number of carbonyl (C=O) groups excluding carboxylic acids is 1. The highest BCUT2D eigenvalue weighted by atomic mass is 79.9. The summed E-state index contributed by atoms with van der Waals surface area (Å²) >= 11 is 3.37. The van der Waals surface area contributed by atoms with E-state index in [1.54, 1.807) is 12.1 Å². The van der Waals surface area contributed by atoms with Crippen molar-refractivity contribution in [3.63, 3.8) is 0 Å². The molecule has 0 aromatic heterocycles. The van der Waals surface area contributed by atoms with E-state index in [4.69, 9.17) is 0 Å². The second kappa shape index (κ2) is 6.97. The summed E-state index contributed by atoms with van der Waals surface area (Å²) in [5.41, 5.74) is 2.58. The van der Waals surface area contributed by atoms with Gasteiger partial charge in [0.15, 0.2) is 0 Å². The Kier molecular flexibility index (Phi) is 4.78. The highest BCUT2D eigenvalue weighted by molar-refractivity contribution is 9.10. The predicted molar refractivity (Wildman–Crippen MR) is 94.4 cm³/mol. The Balaban J connectivity index is 1.60. The monoisotopic (exact) mass is 358 g/mol. The maximum absolute atomic E-state index is 12.1. The van der Waals surface area contributed by atoms with Crippen LogP contribution in [0.1, 0.15) is 36.0 Å². The van der Waals surface area contributed by atoms with Gasteiger partial charge in [0.2, 0.25) is 0 Å². The van der Waals surface area contributed by atoms with E-state index in [0.29, 0.717) is 11.6 Å². The molecule has 0 heterocycles. The molecule has 114 valence electrons. The lowest BCUT2D eigenvalue weighted by Crippen LogP contribution is -2.14. The second-order valence-corrected chi connectivity index (χ2v) is 6.58. The number of nitrogens with one attached hydrogen (secondary N) is 2. The largest absolute Gasteiger partial charge is 0.382 e. The van der Waals surface area contributed by atoms with Crippen molar-refractivity contribution in [2.24, 2.45) is 0 Å². The van der Waals surface area contributed by atoms with E-state index in [-0.39, 0.29) is 5.91 Å². The molecule has 22 heavy (non-hydrogen) atoms. The fourth-order valence-electron chi connectivity index (χ4n) is 2.76. The van der Waals surface area contributed by atoms with E-state index in [1.807, 2.05) is 36.4 Å². The number of carbonyl (C=O) groups is 1. The lowest BCUT2D eigenvalue weighted by Gasteiger charge is -2.14. The zero-order valence-corrected chi connectivity index (χ0v) is 13.9. The first-order chi connectivity index (χ1) is 10.7. The average molecular weight is 359 g/mol. The summed E-state index contributed by atoms with van der Waals surface area (Å²) in [6, 6.07) is 15.9. The van der Waals surface area contributed by atoms with Crippen LogP contribution in [0.2, 0.25) is 0 Å². The molecular weight excluding hydrogens is 340 g/mol. The molecule has 0 unspecified atom stereocenters. The van der Waals surface area contributed by atoms with E-state index in [9.17, 15) is 4.79 Å². The molecule has 0 aliphatic heterocycles. The van der Waals surface area contributed by atoms with Crippen LogP contribution >= 0.6 is 15.9 Å². The standard InChI is InChI=1S/C18H19BrN2O/c19-14-7-5-13(6-8-14)18(22)21-17-11-9-16(10-12-17)20-15-3-1-2-4-15/h5-12,15,20H,1-4H2,(H,21,22). The molecular formula is C18H19BrN2O. The van der Waals surface area contributed by atoms with Crippen LogP contribution in [0.4, 0.5) is 11.4 Å². The number of anilines is 2. The number of amides is 1. The molecule has 0 atom stereocenters. The van der Waals surface area contributed by atoms with E-state index >= 15 is 0 Å². The molecule has 0 radical (unpaired) electrons. The third-order valence-corrected chi connectivity index (χ3v) is 4.50. The average Bonchev–Trinajstić information content (AvgIpc) is 3.03. The summed E-state index contributed by atoms with van der Waals surface area (Å²) in [5, 5.41) is 6.46. The molecule has 2 aromatic carbocycles. The summed E-state index contributed by atoms with van der Waals surface area (Å²) in [6.45, 7) is 0. The van der Waals surface area contributed by atoms with Gasteiger partial charge < -0.3 is 10.6 Å². The second-order valence-electron chi connectivity index (χ2n) is 5.66. The lowest BCUT2D eigenvalue weighted by atomic mass is 10.2. The van der Waals surface area contributed by atoms with Gasteiger partial charge >= 0.3 is 0 Å². The summed E-state index contributed by atoms with van der Waals surface area (Å²) in [4.78, 5) is 12.1. The number of hydrogen-bond donors (Lipinski definition) is 2. The van der Waals surface area contributed by atoms with Gasteiger partial charge in [-0.2, -0.15) is 0 Å². The van der Waals surface area contributed by atoms with Crippen molar-refractivity contribution in [1.29, 1.82) is 0 Å². The van der Waals surface area contributed by atoms with Crippen LogP contribution in [-0.4, -0.2) is 11.9 Å². The van der Waals surface area contributed by atoms with Crippen LogP contribution in [0.25, 0.3) is 0 Å². The zero-order chi connectivity index (χ0) is 15.4. The van der Waals surface area contributed by atoms with E-state index in [1.165, 1.54) is 25.7 Å². The van der Waals surface area contributed by atoms with Crippen LogP contribution in [0.5, 0.6) is 0 Å². The summed E-state index contributed by atoms with van der Waals surface area (Å²) in [5.74, 6) is -0.0935. The molecule has 1 fully saturated rings. The highest BCUT2D eigenvalue weighted by Crippen LogP contribution is 2.23. The lowest BCUT2D eigenvalue weighted by molar-refractivity contribution is 0.102. The Morgan fingerprint density at radius 1 is 0.909 bits per heavy atom. The van der Waals surface area contributed by atoms with Gasteiger partial charge in [-0.15, -0.1) is 0 Å². The smallest absolute Gasteiger partial charge is 0.255 e. The molecule has 1 saturated carbocycles. The highest BCUT2D eigenvalue weighted by Gasteiger charge is 2.14. The van der Waals surface area contributed by atoms with Crippen molar-refractivity contribution in [2.75, 3.05) is 10.6 Å². The van der Waals surface area contributed by atoms with Crippen LogP contribution in [0.3, 0.4) is 0 Å². The normalized spacial score (nSPS) is 14.8. The molecule has 2 aromatic rings. The molecule has 1 amide bonds. The molecule has 0 spiro atoms. The maximum atomic E-state index is 12.1. The van der Waals surface area contributed by atoms with Crippen LogP contribution < -0.4 is 10.6 Å². The number of benzene rings is 2. The van der Waals surface area contributed by atoms with Crippen LogP contribution in [-0.2, 0) is 0 Å². The fourth-order valence-corrected chi connectivity index (χ4v) is 3.02. The fraction of sp³-hybridized carbons (Fsp3) is 0.278. The topological polar surface area (TPSA) is 41.1 Å². The first-order valence-electron chi connectivity index (χ1n) is 7.64. The minimum Gasteiger partial charge on any atom is -0.382 e. The Morgan fingerprint density at radius 2 is 1.50 bits per heavy atom. The van der Waals surface area contributed by atoms with Crippen molar-refractivity contribution in [2.45, 2.75) is 31.7 Å². The minimum absolute atomic E-state index is 0.0935. The predicted octanol–water partition coefficient (Wildman–Crippen LogP) is 5.06. The molecule has 3 nitrogen and oxygen atoms in total. The molecule has 0 bridgehead atoms. The van der Waals surface area contributed by atoms with Gasteiger partial charge in [0.05, 0.1) is 0 Å². The van der Waals surface area contributed by atoms with Gasteiger partial charge in [-0.3, -0.25) is 4.79 Å². The summed E-state index contributed by atoms with van der Waals surface area (Å²) in [7, 11) is 0. The molecule has 0 saturated heterocycles. The summed E-state index contributed by atoms with van der Waals surface area (Å²) in [6.07, 6.45) is 5.14. The van der Waals surface area contributed by atoms with E-state index in [2.05, 4.69) is 26.6 Å². The van der Waals surface area contributed by atoms with E-state index in [0.717, 1.165) is 15.8 Å². The van der Waals surface area contributed by atoms with Crippen molar-refractivity contribution in [3.8, 4) is 0 Å². The Bertz CT molecular complexity index is 631. The van der Waals surface area contributed by atoms with Crippen molar-refractivity contribution in [1.82, 2.24) is 0 Å².